The second kappa shape index (κ2) is 7.01. The Bertz CT molecular complexity index is 1010. The predicted octanol–water partition coefficient (Wildman–Crippen LogP) is 3.07. The monoisotopic (exact) mass is 386 g/mol. The molecule has 0 amide bonds. The number of rotatable bonds is 4. The van der Waals surface area contributed by atoms with E-state index in [0.717, 1.165) is 22.5 Å². The number of carbonyl (C=O) groups is 2. The minimum Gasteiger partial charge on any atom is -0.548 e. The molecule has 0 aliphatic heterocycles. The third-order valence-corrected chi connectivity index (χ3v) is 5.54. The van der Waals surface area contributed by atoms with Crippen LogP contribution in [0.25, 0.3) is 17.7 Å². The van der Waals surface area contributed by atoms with Crippen molar-refractivity contribution in [1.29, 1.82) is 0 Å². The van der Waals surface area contributed by atoms with Crippen LogP contribution >= 0.6 is 23.6 Å². The van der Waals surface area contributed by atoms with Crippen molar-refractivity contribution in [2.45, 2.75) is 19.9 Å². The molecule has 1 aliphatic carbocycles. The quantitative estimate of drug-likeness (QED) is 0.645. The summed E-state index contributed by atoms with van der Waals surface area (Å²) in [4.78, 5) is 24.2. The van der Waals surface area contributed by atoms with Gasteiger partial charge in [0.1, 0.15) is 0 Å². The summed E-state index contributed by atoms with van der Waals surface area (Å²) in [5.74, 6) is -2.09. The molecule has 3 rings (SSSR count). The van der Waals surface area contributed by atoms with E-state index in [2.05, 4.69) is 0 Å². The number of aliphatic carboxylic acids is 1. The Kier molecular flexibility index (Phi) is 4.93. The normalized spacial score (nSPS) is 16.1. The van der Waals surface area contributed by atoms with Crippen LogP contribution in [-0.2, 0) is 9.59 Å². The fourth-order valence-electron chi connectivity index (χ4n) is 2.96. The Labute approximate surface area is 159 Å². The van der Waals surface area contributed by atoms with Gasteiger partial charge >= 0.3 is 0 Å². The molecule has 0 unspecified atom stereocenters. The van der Waals surface area contributed by atoms with E-state index in [1.54, 1.807) is 26.0 Å². The van der Waals surface area contributed by atoms with Gasteiger partial charge in [-0.2, -0.15) is 0 Å². The first kappa shape index (κ1) is 18.3. The van der Waals surface area contributed by atoms with Crippen molar-refractivity contribution in [2.24, 2.45) is 5.92 Å². The summed E-state index contributed by atoms with van der Waals surface area (Å²) in [6, 6.07) is 6.34. The minimum atomic E-state index is -1.31. The first-order valence-corrected chi connectivity index (χ1v) is 9.22. The first-order chi connectivity index (χ1) is 12.3. The summed E-state index contributed by atoms with van der Waals surface area (Å²) in [6.45, 7) is 3.42. The van der Waals surface area contributed by atoms with Crippen molar-refractivity contribution in [2.75, 3.05) is 0 Å². The number of ketones is 1. The maximum Gasteiger partial charge on any atom is 0.211 e. The highest BCUT2D eigenvalue weighted by Gasteiger charge is 2.24. The smallest absolute Gasteiger partial charge is 0.211 e. The number of aromatic nitrogens is 1. The van der Waals surface area contributed by atoms with E-state index in [-0.39, 0.29) is 21.5 Å². The topological polar surface area (TPSA) is 82.4 Å². The molecule has 0 spiro atoms. The highest BCUT2D eigenvalue weighted by atomic mass is 32.1. The van der Waals surface area contributed by atoms with E-state index < -0.39 is 12.0 Å². The van der Waals surface area contributed by atoms with Gasteiger partial charge in [0.15, 0.2) is 9.74 Å². The van der Waals surface area contributed by atoms with Crippen LogP contribution in [0, 0.1) is 9.87 Å². The van der Waals surface area contributed by atoms with Crippen LogP contribution in [0.1, 0.15) is 35.9 Å². The molecule has 7 heteroatoms. The van der Waals surface area contributed by atoms with Crippen LogP contribution in [0.3, 0.4) is 0 Å². The number of nitrogens with zero attached hydrogens (tertiary/aromatic N) is 1. The number of hydrogen-bond donors (Lipinski definition) is 1. The van der Waals surface area contributed by atoms with Crippen LogP contribution in [-0.4, -0.2) is 21.4 Å². The van der Waals surface area contributed by atoms with E-state index in [9.17, 15) is 19.8 Å². The molecular weight excluding hydrogens is 370 g/mol. The van der Waals surface area contributed by atoms with Crippen LogP contribution in [0.4, 0.5) is 0 Å². The largest absolute Gasteiger partial charge is 0.548 e. The van der Waals surface area contributed by atoms with Crippen molar-refractivity contribution < 1.29 is 19.8 Å². The first-order valence-electron chi connectivity index (χ1n) is 8.00. The molecule has 5 nitrogen and oxygen atoms in total. The molecule has 1 N–H and O–H groups in total. The highest BCUT2D eigenvalue weighted by Crippen LogP contribution is 2.36. The second-order valence-corrected chi connectivity index (χ2v) is 7.95. The number of carboxylic acid groups (broad SMARTS) is 1. The third-order valence-electron chi connectivity index (χ3n) is 4.20. The van der Waals surface area contributed by atoms with E-state index >= 15 is 0 Å². The van der Waals surface area contributed by atoms with E-state index in [1.807, 2.05) is 24.3 Å². The van der Waals surface area contributed by atoms with Gasteiger partial charge in [0.25, 0.3) is 0 Å². The average Bonchev–Trinajstić information content (AvgIpc) is 2.85. The molecule has 2 aromatic rings. The zero-order chi connectivity index (χ0) is 19.0. The molecule has 1 heterocycles. The summed E-state index contributed by atoms with van der Waals surface area (Å²) in [5, 5.41) is 22.1. The van der Waals surface area contributed by atoms with Crippen molar-refractivity contribution in [1.82, 2.24) is 4.57 Å². The van der Waals surface area contributed by atoms with Crippen LogP contribution in [0.5, 0.6) is 5.88 Å². The molecule has 1 atom stereocenters. The lowest BCUT2D eigenvalue weighted by Gasteiger charge is -2.24. The Hall–Kier alpha value is -2.51. The maximum atomic E-state index is 12.3. The highest BCUT2D eigenvalue weighted by molar-refractivity contribution is 7.73. The van der Waals surface area contributed by atoms with Crippen molar-refractivity contribution in [3.05, 3.63) is 50.3 Å². The summed E-state index contributed by atoms with van der Waals surface area (Å²) in [5.41, 5.74) is 2.08. The molecule has 1 aromatic heterocycles. The van der Waals surface area contributed by atoms with Crippen molar-refractivity contribution in [3.63, 3.8) is 0 Å². The number of fused-ring (bicyclic) bond motifs is 1. The predicted molar refractivity (Wildman–Crippen MR) is 102 cm³/mol. The Morgan fingerprint density at radius 3 is 2.65 bits per heavy atom. The van der Waals surface area contributed by atoms with Gasteiger partial charge in [-0.3, -0.25) is 9.36 Å². The number of carboxylic acids is 1. The number of hydrogen-bond acceptors (Lipinski definition) is 6. The van der Waals surface area contributed by atoms with E-state index in [1.165, 1.54) is 10.6 Å². The lowest BCUT2D eigenvalue weighted by molar-refractivity contribution is -0.311. The van der Waals surface area contributed by atoms with Crippen LogP contribution in [0.2, 0.25) is 0 Å². The van der Waals surface area contributed by atoms with Crippen LogP contribution < -0.4 is 5.11 Å². The number of carbonyl (C=O) groups excluding carboxylic acids is 2. The lowest BCUT2D eigenvalue weighted by Crippen LogP contribution is -2.36. The summed E-state index contributed by atoms with van der Waals surface area (Å²) >= 11 is 6.31. The van der Waals surface area contributed by atoms with E-state index in [0.29, 0.717) is 10.5 Å². The average molecular weight is 386 g/mol. The molecule has 134 valence electrons. The number of benzene rings is 1. The summed E-state index contributed by atoms with van der Waals surface area (Å²) in [6.07, 6.45) is 4.77. The molecule has 1 aliphatic rings. The molecule has 0 fully saturated rings. The van der Waals surface area contributed by atoms with Gasteiger partial charge in [0.2, 0.25) is 5.88 Å². The zero-order valence-electron chi connectivity index (χ0n) is 14.1. The van der Waals surface area contributed by atoms with Crippen molar-refractivity contribution >= 4 is 53.0 Å². The standard InChI is InChI=1S/C19H17NO4S2/c1-10(2)16(18(23)24)20-17(22)15(26-19(20)25)9-13-12-6-4-3-5-11(12)7-8-14(13)21/h3-10,16,22H,1-2H3,(H,23,24)/p-1/b13-9-/t16-/m1/s1. The number of thiazole rings is 1. The molecular formula is C19H16NO4S2-. The van der Waals surface area contributed by atoms with Gasteiger partial charge in [-0.1, -0.05) is 44.2 Å². The second-order valence-electron chi connectivity index (χ2n) is 6.28. The molecule has 0 saturated carbocycles. The van der Waals surface area contributed by atoms with Gasteiger partial charge in [-0.15, -0.1) is 11.3 Å². The Morgan fingerprint density at radius 1 is 1.31 bits per heavy atom. The van der Waals surface area contributed by atoms with Gasteiger partial charge < -0.3 is 15.0 Å². The molecule has 0 radical (unpaired) electrons. The van der Waals surface area contributed by atoms with Gasteiger partial charge in [-0.25, -0.2) is 0 Å². The summed E-state index contributed by atoms with van der Waals surface area (Å²) < 4.78 is 1.39. The van der Waals surface area contributed by atoms with Gasteiger partial charge in [0, 0.05) is 5.57 Å². The summed E-state index contributed by atoms with van der Waals surface area (Å²) in [7, 11) is 0. The number of aromatic hydroxyl groups is 1. The maximum absolute atomic E-state index is 12.3. The van der Waals surface area contributed by atoms with Gasteiger partial charge in [-0.05, 0) is 41.4 Å². The van der Waals surface area contributed by atoms with Crippen LogP contribution in [0.15, 0.2) is 30.3 Å². The Morgan fingerprint density at radius 2 is 2.00 bits per heavy atom. The fraction of sp³-hybridized carbons (Fsp3) is 0.211. The molecule has 1 aromatic carbocycles. The van der Waals surface area contributed by atoms with Crippen molar-refractivity contribution in [3.8, 4) is 5.88 Å². The molecule has 26 heavy (non-hydrogen) atoms. The lowest BCUT2D eigenvalue weighted by atomic mass is 9.91. The fourth-order valence-corrected chi connectivity index (χ4v) is 4.29. The third kappa shape index (κ3) is 3.15. The number of allylic oxidation sites excluding steroid dienone is 2. The van der Waals surface area contributed by atoms with E-state index in [4.69, 9.17) is 12.2 Å². The molecule has 0 bridgehead atoms. The Balaban J connectivity index is 2.15. The minimum absolute atomic E-state index is 0.186. The van der Waals surface area contributed by atoms with Gasteiger partial charge in [0.05, 0.1) is 16.9 Å². The SMILES string of the molecule is CC(C)[C@H](C(=O)[O-])n1c(O)c(/C=C2\C(=O)C=Cc3ccccc32)sc1=S. The molecule has 0 saturated heterocycles. The zero-order valence-corrected chi connectivity index (χ0v) is 15.8.